The lowest BCUT2D eigenvalue weighted by Crippen LogP contribution is -2.38. The van der Waals surface area contributed by atoms with Gasteiger partial charge in [-0.15, -0.1) is 0 Å². The summed E-state index contributed by atoms with van der Waals surface area (Å²) < 4.78 is 39.6. The van der Waals surface area contributed by atoms with E-state index in [1.807, 2.05) is 0 Å². The van der Waals surface area contributed by atoms with Crippen LogP contribution in [0.1, 0.15) is 27.2 Å². The van der Waals surface area contributed by atoms with Crippen molar-refractivity contribution in [1.82, 2.24) is 5.32 Å². The van der Waals surface area contributed by atoms with Crippen molar-refractivity contribution >= 4 is 29.3 Å². The number of ketones is 1. The molecule has 8 nitrogen and oxygen atoms in total. The van der Waals surface area contributed by atoms with Crippen LogP contribution in [0.5, 0.6) is 0 Å². The summed E-state index contributed by atoms with van der Waals surface area (Å²) in [4.78, 5) is 37.6. The van der Waals surface area contributed by atoms with Crippen LogP contribution in [0, 0.1) is 11.6 Å². The van der Waals surface area contributed by atoms with E-state index in [1.54, 1.807) is 20.8 Å². The zero-order chi connectivity index (χ0) is 22.1. The molecule has 1 fully saturated rings. The normalized spacial score (nSPS) is 19.2. The Morgan fingerprint density at radius 3 is 2.53 bits per heavy atom. The van der Waals surface area contributed by atoms with Gasteiger partial charge in [0.2, 0.25) is 0 Å². The van der Waals surface area contributed by atoms with Crippen molar-refractivity contribution in [3.05, 3.63) is 36.0 Å². The van der Waals surface area contributed by atoms with Crippen molar-refractivity contribution in [1.29, 1.82) is 0 Å². The summed E-state index contributed by atoms with van der Waals surface area (Å²) in [5, 5.41) is 2.48. The number of hydrogen-bond acceptors (Lipinski definition) is 6. The summed E-state index contributed by atoms with van der Waals surface area (Å²) in [6.07, 6.45) is 0.625. The standard InChI is InChI=1S/C20H23F2N3O5/c1-20(2,3)30-18(27)23-10-13-11-25(19(28)29-13)15-5-4-14(16(21)17(15)22)24-8-6-12(26)7-9-24/h4-6,8,13H,7,9-11H2,1-3H3,(H,23,27)/t13-/m0/s1. The Bertz CT molecular complexity index is 897. The van der Waals surface area contributed by atoms with E-state index in [9.17, 15) is 23.2 Å². The highest BCUT2D eigenvalue weighted by molar-refractivity contribution is 5.92. The Morgan fingerprint density at radius 1 is 1.23 bits per heavy atom. The Kier molecular flexibility index (Phi) is 5.95. The molecular weight excluding hydrogens is 400 g/mol. The number of benzene rings is 1. The van der Waals surface area contributed by atoms with E-state index in [-0.39, 0.29) is 43.2 Å². The van der Waals surface area contributed by atoms with Gasteiger partial charge in [-0.25, -0.2) is 18.4 Å². The Hall–Kier alpha value is -3.17. The van der Waals surface area contributed by atoms with E-state index in [4.69, 9.17) is 9.47 Å². The molecule has 0 bridgehead atoms. The minimum absolute atomic E-state index is 0.0318. The number of hydrogen-bond donors (Lipinski definition) is 1. The molecule has 10 heteroatoms. The first-order valence-electron chi connectivity index (χ1n) is 9.46. The third-order valence-electron chi connectivity index (χ3n) is 4.43. The first-order chi connectivity index (χ1) is 14.0. The fraction of sp³-hybridized carbons (Fsp3) is 0.450. The summed E-state index contributed by atoms with van der Waals surface area (Å²) in [5.41, 5.74) is -0.976. The van der Waals surface area contributed by atoms with Gasteiger partial charge in [0.05, 0.1) is 24.5 Å². The van der Waals surface area contributed by atoms with Gasteiger partial charge in [-0.1, -0.05) is 0 Å². The number of ether oxygens (including phenoxy) is 2. The highest BCUT2D eigenvalue weighted by Gasteiger charge is 2.35. The molecule has 162 valence electrons. The fourth-order valence-corrected chi connectivity index (χ4v) is 3.06. The summed E-state index contributed by atoms with van der Waals surface area (Å²) in [6.45, 7) is 5.26. The van der Waals surface area contributed by atoms with E-state index in [0.29, 0.717) is 0 Å². The van der Waals surface area contributed by atoms with Crippen LogP contribution in [0.3, 0.4) is 0 Å². The quantitative estimate of drug-likeness (QED) is 0.801. The van der Waals surface area contributed by atoms with Gasteiger partial charge < -0.3 is 19.7 Å². The van der Waals surface area contributed by atoms with E-state index < -0.39 is 35.5 Å². The molecule has 1 atom stereocenters. The summed E-state index contributed by atoms with van der Waals surface area (Å²) in [6, 6.07) is 2.62. The Balaban J connectivity index is 1.68. The molecule has 0 spiro atoms. The molecule has 0 aliphatic carbocycles. The third-order valence-corrected chi connectivity index (χ3v) is 4.43. The topological polar surface area (TPSA) is 88.2 Å². The molecule has 1 aromatic carbocycles. The molecular formula is C20H23F2N3O5. The second-order valence-corrected chi connectivity index (χ2v) is 7.96. The van der Waals surface area contributed by atoms with Crippen LogP contribution >= 0.6 is 0 Å². The lowest BCUT2D eigenvalue weighted by Gasteiger charge is -2.24. The summed E-state index contributed by atoms with van der Waals surface area (Å²) in [7, 11) is 0. The molecule has 3 rings (SSSR count). The van der Waals surface area contributed by atoms with Crippen LogP contribution in [-0.2, 0) is 14.3 Å². The molecule has 2 aliphatic heterocycles. The summed E-state index contributed by atoms with van der Waals surface area (Å²) in [5.74, 6) is -2.42. The monoisotopic (exact) mass is 423 g/mol. The second-order valence-electron chi connectivity index (χ2n) is 7.96. The van der Waals surface area contributed by atoms with Crippen LogP contribution in [-0.4, -0.2) is 49.3 Å². The highest BCUT2D eigenvalue weighted by atomic mass is 19.2. The van der Waals surface area contributed by atoms with Crippen molar-refractivity contribution in [3.8, 4) is 0 Å². The van der Waals surface area contributed by atoms with Crippen molar-refractivity contribution in [3.63, 3.8) is 0 Å². The predicted octanol–water partition coefficient (Wildman–Crippen LogP) is 3.11. The average Bonchev–Trinajstić information content (AvgIpc) is 3.02. The van der Waals surface area contributed by atoms with Gasteiger partial charge in [0.15, 0.2) is 17.4 Å². The van der Waals surface area contributed by atoms with Gasteiger partial charge in [0, 0.05) is 19.2 Å². The molecule has 2 amide bonds. The van der Waals surface area contributed by atoms with Crippen molar-refractivity contribution in [2.75, 3.05) is 29.4 Å². The smallest absolute Gasteiger partial charge is 0.414 e. The lowest BCUT2D eigenvalue weighted by atomic mass is 10.1. The number of alkyl carbamates (subject to hydrolysis) is 1. The molecule has 30 heavy (non-hydrogen) atoms. The van der Waals surface area contributed by atoms with Crippen molar-refractivity contribution in [2.24, 2.45) is 0 Å². The largest absolute Gasteiger partial charge is 0.444 e. The SMILES string of the molecule is CC(C)(C)OC(=O)NC[C@H]1CN(c2ccc(N3C=CC(=O)CC3)c(F)c2F)C(=O)O1. The molecule has 1 N–H and O–H groups in total. The third kappa shape index (κ3) is 4.87. The van der Waals surface area contributed by atoms with E-state index in [1.165, 1.54) is 29.3 Å². The van der Waals surface area contributed by atoms with E-state index in [0.717, 1.165) is 4.90 Å². The number of amides is 2. The van der Waals surface area contributed by atoms with Gasteiger partial charge in [-0.2, -0.15) is 0 Å². The highest BCUT2D eigenvalue weighted by Crippen LogP contribution is 2.32. The van der Waals surface area contributed by atoms with Crippen LogP contribution in [0.25, 0.3) is 0 Å². The van der Waals surface area contributed by atoms with Gasteiger partial charge in [-0.3, -0.25) is 9.69 Å². The molecule has 2 heterocycles. The number of cyclic esters (lactones) is 1. The summed E-state index contributed by atoms with van der Waals surface area (Å²) >= 11 is 0. The lowest BCUT2D eigenvalue weighted by molar-refractivity contribution is -0.114. The minimum Gasteiger partial charge on any atom is -0.444 e. The van der Waals surface area contributed by atoms with Crippen LogP contribution in [0.15, 0.2) is 24.4 Å². The number of nitrogens with one attached hydrogen (secondary N) is 1. The van der Waals surface area contributed by atoms with E-state index >= 15 is 0 Å². The molecule has 1 aromatic rings. The van der Waals surface area contributed by atoms with Gasteiger partial charge in [0.25, 0.3) is 0 Å². The number of rotatable bonds is 4. The molecule has 2 aliphatic rings. The molecule has 0 saturated carbocycles. The fourth-order valence-electron chi connectivity index (χ4n) is 3.06. The predicted molar refractivity (Wildman–Crippen MR) is 104 cm³/mol. The van der Waals surface area contributed by atoms with Crippen LogP contribution in [0.2, 0.25) is 0 Å². The van der Waals surface area contributed by atoms with E-state index in [2.05, 4.69) is 5.32 Å². The van der Waals surface area contributed by atoms with Gasteiger partial charge in [-0.05, 0) is 39.0 Å². The number of carbonyl (C=O) groups excluding carboxylic acids is 3. The average molecular weight is 423 g/mol. The van der Waals surface area contributed by atoms with Crippen LogP contribution < -0.4 is 15.1 Å². The first-order valence-corrected chi connectivity index (χ1v) is 9.46. The number of nitrogens with zero attached hydrogens (tertiary/aromatic N) is 2. The maximum atomic E-state index is 14.7. The van der Waals surface area contributed by atoms with Gasteiger partial charge in [0.1, 0.15) is 11.7 Å². The second kappa shape index (κ2) is 8.29. The molecule has 0 aromatic heterocycles. The van der Waals surface area contributed by atoms with Crippen molar-refractivity contribution in [2.45, 2.75) is 38.9 Å². The zero-order valence-electron chi connectivity index (χ0n) is 16.9. The number of halogens is 2. The first kappa shape index (κ1) is 21.5. The maximum absolute atomic E-state index is 14.7. The Labute approximate surface area is 172 Å². The number of carbonyl (C=O) groups is 3. The van der Waals surface area contributed by atoms with Crippen LogP contribution in [0.4, 0.5) is 29.7 Å². The number of anilines is 2. The van der Waals surface area contributed by atoms with Gasteiger partial charge >= 0.3 is 12.2 Å². The molecule has 0 unspecified atom stereocenters. The minimum atomic E-state index is -1.20. The molecule has 1 saturated heterocycles. The zero-order valence-corrected chi connectivity index (χ0v) is 16.9. The number of allylic oxidation sites excluding steroid dienone is 1. The Morgan fingerprint density at radius 2 is 1.90 bits per heavy atom. The molecule has 0 radical (unpaired) electrons. The maximum Gasteiger partial charge on any atom is 0.414 e. The van der Waals surface area contributed by atoms with Crippen molar-refractivity contribution < 1.29 is 32.6 Å².